The first-order valence-corrected chi connectivity index (χ1v) is 9.12. The second-order valence-corrected chi connectivity index (χ2v) is 5.96. The van der Waals surface area contributed by atoms with Crippen LogP contribution in [-0.4, -0.2) is 5.31 Å². The molecule has 2 aromatic carbocycles. The van der Waals surface area contributed by atoms with E-state index in [4.69, 9.17) is 22.7 Å². The fourth-order valence-corrected chi connectivity index (χ4v) is 2.28. The molecule has 0 spiro atoms. The van der Waals surface area contributed by atoms with E-state index in [1.54, 1.807) is 12.1 Å². The van der Waals surface area contributed by atoms with Gasteiger partial charge in [-0.3, -0.25) is 0 Å². The van der Waals surface area contributed by atoms with Crippen LogP contribution in [-0.2, 0) is 6.42 Å². The van der Waals surface area contributed by atoms with Crippen LogP contribution in [0.15, 0.2) is 47.4 Å². The van der Waals surface area contributed by atoms with Crippen molar-refractivity contribution in [2.45, 2.75) is 18.2 Å². The molecule has 0 fully saturated rings. The summed E-state index contributed by atoms with van der Waals surface area (Å²) in [4.78, 5) is 0.836. The van der Waals surface area contributed by atoms with Crippen LogP contribution in [0.2, 0.25) is 0 Å². The van der Waals surface area contributed by atoms with Gasteiger partial charge in [-0.25, -0.2) is 9.70 Å². The first-order chi connectivity index (χ1) is 15.6. The molecule has 2 rings (SSSR count). The molecule has 5 heteroatoms. The summed E-state index contributed by atoms with van der Waals surface area (Å²) < 4.78 is 21.6. The van der Waals surface area contributed by atoms with Gasteiger partial charge >= 0.3 is 0 Å². The van der Waals surface area contributed by atoms with Crippen molar-refractivity contribution < 1.29 is 21.4 Å². The van der Waals surface area contributed by atoms with Gasteiger partial charge in [0.15, 0.2) is 0 Å². The summed E-state index contributed by atoms with van der Waals surface area (Å²) in [5.41, 5.74) is 3.32. The molecule has 1 nitrogen and oxygen atoms in total. The maximum atomic E-state index is 13.1. The van der Waals surface area contributed by atoms with Gasteiger partial charge in [0.1, 0.15) is 5.82 Å². The number of thiol groups is 1. The minimum absolute atomic E-state index is 0. The van der Waals surface area contributed by atoms with Gasteiger partial charge in [0.25, 0.3) is 0 Å². The third kappa shape index (κ3) is 16.3. The second kappa shape index (κ2) is 21.1. The minimum atomic E-state index is -0.208. The SMILES string of the molecule is C#CC#CC#CC#CC#CC#CC#C.Cc1cccc(Cc2cc(F)ccc2S)c1.OF.S.[HH].[HH].[HH].[HH].[HH]. The minimum Gasteiger partial charge on any atom is -0.209 e. The molecule has 172 valence electrons. The number of rotatable bonds is 2. The van der Waals surface area contributed by atoms with Gasteiger partial charge in [0, 0.05) is 12.0 Å². The molecule has 0 amide bonds. The summed E-state index contributed by atoms with van der Waals surface area (Å²) in [5.74, 6) is 28.1. The molecule has 0 aliphatic carbocycles. The molecule has 0 aromatic heterocycles. The summed E-state index contributed by atoms with van der Waals surface area (Å²) in [6, 6.07) is 12.9. The Labute approximate surface area is 214 Å². The van der Waals surface area contributed by atoms with Crippen LogP contribution in [0, 0.1) is 96.6 Å². The lowest BCUT2D eigenvalue weighted by Gasteiger charge is -2.06. The highest BCUT2D eigenvalue weighted by Crippen LogP contribution is 2.19. The number of halogens is 2. The van der Waals surface area contributed by atoms with Crippen molar-refractivity contribution in [3.63, 3.8) is 0 Å². The van der Waals surface area contributed by atoms with E-state index in [0.717, 1.165) is 16.9 Å². The van der Waals surface area contributed by atoms with Gasteiger partial charge in [-0.05, 0) is 114 Å². The summed E-state index contributed by atoms with van der Waals surface area (Å²) in [7, 11) is 0. The summed E-state index contributed by atoms with van der Waals surface area (Å²) in [6.45, 7) is 2.05. The highest BCUT2D eigenvalue weighted by atomic mass is 32.1. The normalized spacial score (nSPS) is 6.76. The van der Waals surface area contributed by atoms with Gasteiger partial charge in [-0.1, -0.05) is 34.4 Å². The third-order valence-electron chi connectivity index (χ3n) is 3.23. The van der Waals surface area contributed by atoms with Crippen molar-refractivity contribution >= 4 is 26.1 Å². The van der Waals surface area contributed by atoms with Crippen LogP contribution in [0.5, 0.6) is 0 Å². The maximum Gasteiger partial charge on any atom is 0.123 e. The highest BCUT2D eigenvalue weighted by molar-refractivity contribution is 7.80. The van der Waals surface area contributed by atoms with Crippen molar-refractivity contribution in [2.75, 3.05) is 0 Å². The molecule has 0 aliphatic rings. The van der Waals surface area contributed by atoms with E-state index in [1.165, 1.54) is 17.2 Å². The van der Waals surface area contributed by atoms with E-state index >= 15 is 0 Å². The third-order valence-corrected chi connectivity index (χ3v) is 3.66. The van der Waals surface area contributed by atoms with Crippen LogP contribution < -0.4 is 0 Å². The van der Waals surface area contributed by atoms with Crippen molar-refractivity contribution in [1.29, 1.82) is 0 Å². The van der Waals surface area contributed by atoms with E-state index in [1.807, 2.05) is 12.1 Å². The van der Waals surface area contributed by atoms with Crippen molar-refractivity contribution in [3.05, 3.63) is 65.0 Å². The van der Waals surface area contributed by atoms with Crippen molar-refractivity contribution in [3.8, 4) is 83.9 Å². The zero-order valence-electron chi connectivity index (χ0n) is 17.6. The van der Waals surface area contributed by atoms with Crippen LogP contribution in [0.25, 0.3) is 0 Å². The van der Waals surface area contributed by atoms with Crippen molar-refractivity contribution in [2.24, 2.45) is 0 Å². The predicted molar refractivity (Wildman–Crippen MR) is 148 cm³/mol. The molecular formula is C28H28F2OS2. The van der Waals surface area contributed by atoms with Gasteiger partial charge in [0.2, 0.25) is 0 Å². The van der Waals surface area contributed by atoms with Gasteiger partial charge < -0.3 is 0 Å². The molecule has 0 unspecified atom stereocenters. The van der Waals surface area contributed by atoms with E-state index in [0.29, 0.717) is 0 Å². The zero-order chi connectivity index (χ0) is 24.0. The molecule has 0 bridgehead atoms. The molecule has 2 aromatic rings. The molecule has 0 atom stereocenters. The van der Waals surface area contributed by atoms with Gasteiger partial charge in [-0.15, -0.1) is 25.5 Å². The molecule has 0 aliphatic heterocycles. The monoisotopic (exact) mass is 482 g/mol. The Hall–Kier alpha value is -4.12. The van der Waals surface area contributed by atoms with Crippen LogP contribution in [0.3, 0.4) is 0 Å². The molecule has 0 radical (unpaired) electrons. The number of terminal acetylenes is 2. The Balaban J connectivity index is -0.0000000832. The second-order valence-electron chi connectivity index (χ2n) is 5.48. The van der Waals surface area contributed by atoms with Crippen LogP contribution in [0.4, 0.5) is 8.92 Å². The summed E-state index contributed by atoms with van der Waals surface area (Å²) in [5, 5.41) is 5.50. The lowest BCUT2D eigenvalue weighted by atomic mass is 10.0. The smallest absolute Gasteiger partial charge is 0.123 e. The quantitative estimate of drug-likeness (QED) is 0.429. The van der Waals surface area contributed by atoms with Crippen molar-refractivity contribution in [1.82, 2.24) is 0 Å². The largest absolute Gasteiger partial charge is 0.209 e. The Morgan fingerprint density at radius 1 is 0.818 bits per heavy atom. The number of hydrogen-bond donors (Lipinski definition) is 2. The number of benzene rings is 2. The van der Waals surface area contributed by atoms with E-state index in [9.17, 15) is 4.39 Å². The molecule has 1 N–H and O–H groups in total. The molecular weight excluding hydrogens is 454 g/mol. The first kappa shape index (κ1) is 31.1. The summed E-state index contributed by atoms with van der Waals surface area (Å²) in [6.07, 6.45) is 10.4. The fraction of sp³-hybridized carbons (Fsp3) is 0.0714. The topological polar surface area (TPSA) is 20.2 Å². The first-order valence-electron chi connectivity index (χ1n) is 8.68. The molecule has 0 saturated heterocycles. The number of aryl methyl sites for hydroxylation is 1. The lowest BCUT2D eigenvalue weighted by Crippen LogP contribution is -1.91. The molecule has 0 heterocycles. The average molecular weight is 483 g/mol. The van der Waals surface area contributed by atoms with E-state index in [-0.39, 0.29) is 26.4 Å². The Morgan fingerprint density at radius 2 is 1.30 bits per heavy atom. The summed E-state index contributed by atoms with van der Waals surface area (Å²) >= 11 is 4.33. The average Bonchev–Trinajstić information content (AvgIpc) is 2.79. The lowest BCUT2D eigenvalue weighted by molar-refractivity contribution is -0.0441. The Kier molecular flexibility index (Phi) is 19.9. The predicted octanol–water partition coefficient (Wildman–Crippen LogP) is 5.49. The van der Waals surface area contributed by atoms with Gasteiger partial charge in [0.05, 0.1) is 0 Å². The maximum absolute atomic E-state index is 13.1. The molecule has 33 heavy (non-hydrogen) atoms. The van der Waals surface area contributed by atoms with E-state index < -0.39 is 0 Å². The van der Waals surface area contributed by atoms with Crippen LogP contribution in [0.1, 0.15) is 23.8 Å². The molecule has 0 saturated carbocycles. The number of hydrogen-bond acceptors (Lipinski definition) is 2. The standard InChI is InChI=1S/C14H13FS.C14H2.FHO.H2S.5H2/c1-10-3-2-4-11(7-10)8-12-9-13(15)5-6-14(12)16;1-3-5-7-9-11-13-14-12-10-8-6-4-2;1-2;;;;;;/h2-7,9,16H,8H2,1H3;1-2H;2H;1H2;5*1H. The highest BCUT2D eigenvalue weighted by Gasteiger charge is 2.02. The Morgan fingerprint density at radius 3 is 1.76 bits per heavy atom. The fourth-order valence-electron chi connectivity index (χ4n) is 2.06. The Bertz CT molecular complexity index is 1270. The zero-order valence-corrected chi connectivity index (χ0v) is 19.4. The van der Waals surface area contributed by atoms with Crippen LogP contribution >= 0.6 is 26.1 Å². The van der Waals surface area contributed by atoms with E-state index in [2.05, 4.69) is 103 Å². The van der Waals surface area contributed by atoms with Gasteiger partial charge in [-0.2, -0.15) is 13.5 Å².